The Kier molecular flexibility index (Phi) is 5.90. The summed E-state index contributed by atoms with van der Waals surface area (Å²) in [6, 6.07) is 14.4. The molecule has 1 N–H and O–H groups in total. The summed E-state index contributed by atoms with van der Waals surface area (Å²) in [7, 11) is -1.06. The molecule has 0 saturated heterocycles. The highest BCUT2D eigenvalue weighted by atomic mass is 32.2. The highest BCUT2D eigenvalue weighted by Gasteiger charge is 2.21. The Morgan fingerprint density at radius 3 is 2.41 bits per heavy atom. The standard InChI is InChI=1S/C21H19N5O5S/c1-29-17-8-9-18(30-2)19(12-17)32(27,28)25-15-4-6-16(7-5-15)31-21-13-20(22-14-23-21)26-11-3-10-24-26/h3-14,25H,1-2H3. The normalized spacial score (nSPS) is 11.1. The maximum Gasteiger partial charge on any atom is 0.265 e. The smallest absolute Gasteiger partial charge is 0.265 e. The van der Waals surface area contributed by atoms with E-state index in [0.717, 1.165) is 0 Å². The lowest BCUT2D eigenvalue weighted by molar-refractivity contribution is 0.392. The Morgan fingerprint density at radius 1 is 0.938 bits per heavy atom. The lowest BCUT2D eigenvalue weighted by atomic mass is 10.3. The molecule has 10 nitrogen and oxygen atoms in total. The topological polar surface area (TPSA) is 117 Å². The van der Waals surface area contributed by atoms with E-state index in [0.29, 0.717) is 28.9 Å². The fourth-order valence-electron chi connectivity index (χ4n) is 2.83. The first-order valence-corrected chi connectivity index (χ1v) is 10.8. The van der Waals surface area contributed by atoms with Crippen molar-refractivity contribution in [2.75, 3.05) is 18.9 Å². The SMILES string of the molecule is COc1ccc(OC)c(S(=O)(=O)Nc2ccc(Oc3cc(-n4cccn4)ncn3)cc2)c1. The van der Waals surface area contributed by atoms with Crippen LogP contribution in [-0.4, -0.2) is 42.4 Å². The van der Waals surface area contributed by atoms with E-state index < -0.39 is 10.0 Å². The first-order valence-electron chi connectivity index (χ1n) is 9.33. The van der Waals surface area contributed by atoms with Crippen molar-refractivity contribution in [2.24, 2.45) is 0 Å². The van der Waals surface area contributed by atoms with Crippen LogP contribution in [0.3, 0.4) is 0 Å². The zero-order chi connectivity index (χ0) is 22.6. The van der Waals surface area contributed by atoms with Gasteiger partial charge in [-0.2, -0.15) is 5.10 Å². The van der Waals surface area contributed by atoms with Crippen LogP contribution in [0.15, 0.2) is 78.2 Å². The molecule has 0 aliphatic heterocycles. The molecule has 32 heavy (non-hydrogen) atoms. The fourth-order valence-corrected chi connectivity index (χ4v) is 4.08. The second-order valence-corrected chi connectivity index (χ2v) is 8.06. The summed E-state index contributed by atoms with van der Waals surface area (Å²) < 4.78 is 45.9. The van der Waals surface area contributed by atoms with Crippen LogP contribution in [0.5, 0.6) is 23.1 Å². The number of nitrogens with one attached hydrogen (secondary N) is 1. The van der Waals surface area contributed by atoms with E-state index in [-0.39, 0.29) is 10.6 Å². The van der Waals surface area contributed by atoms with Gasteiger partial charge in [0.15, 0.2) is 5.82 Å². The molecule has 164 valence electrons. The van der Waals surface area contributed by atoms with Gasteiger partial charge in [-0.15, -0.1) is 0 Å². The molecule has 2 heterocycles. The van der Waals surface area contributed by atoms with E-state index in [2.05, 4.69) is 19.8 Å². The van der Waals surface area contributed by atoms with Crippen LogP contribution in [0.1, 0.15) is 0 Å². The van der Waals surface area contributed by atoms with Crippen molar-refractivity contribution in [2.45, 2.75) is 4.90 Å². The van der Waals surface area contributed by atoms with Gasteiger partial charge in [0, 0.05) is 30.2 Å². The summed E-state index contributed by atoms with van der Waals surface area (Å²) in [6.07, 6.45) is 4.77. The van der Waals surface area contributed by atoms with E-state index >= 15 is 0 Å². The number of benzene rings is 2. The molecular formula is C21H19N5O5S. The van der Waals surface area contributed by atoms with E-state index in [1.165, 1.54) is 32.7 Å². The van der Waals surface area contributed by atoms with E-state index in [9.17, 15) is 8.42 Å². The molecule has 0 spiro atoms. The van der Waals surface area contributed by atoms with E-state index in [1.807, 2.05) is 0 Å². The van der Waals surface area contributed by atoms with Crippen LogP contribution >= 0.6 is 0 Å². The Balaban J connectivity index is 1.50. The van der Waals surface area contributed by atoms with Gasteiger partial charge in [-0.25, -0.2) is 23.1 Å². The first-order chi connectivity index (χ1) is 15.5. The molecule has 0 amide bonds. The monoisotopic (exact) mass is 453 g/mol. The first kappa shape index (κ1) is 21.1. The number of anilines is 1. The Hall–Kier alpha value is -4.12. The van der Waals surface area contributed by atoms with Crippen molar-refractivity contribution in [3.8, 4) is 28.9 Å². The summed E-state index contributed by atoms with van der Waals surface area (Å²) in [5.41, 5.74) is 0.349. The number of ether oxygens (including phenoxy) is 3. The third-order valence-electron chi connectivity index (χ3n) is 4.36. The molecule has 2 aromatic heterocycles. The van der Waals surface area contributed by atoms with Crippen LogP contribution in [0.25, 0.3) is 5.82 Å². The summed E-state index contributed by atoms with van der Waals surface area (Å²) in [6.45, 7) is 0. The Bertz CT molecular complexity index is 1310. The van der Waals surface area contributed by atoms with E-state index in [1.54, 1.807) is 59.5 Å². The van der Waals surface area contributed by atoms with E-state index in [4.69, 9.17) is 14.2 Å². The number of nitrogens with zero attached hydrogens (tertiary/aromatic N) is 4. The molecule has 0 radical (unpaired) electrons. The van der Waals surface area contributed by atoms with Gasteiger partial charge < -0.3 is 14.2 Å². The van der Waals surface area contributed by atoms with Gasteiger partial charge in [-0.05, 0) is 42.5 Å². The van der Waals surface area contributed by atoms with Crippen LogP contribution in [0.2, 0.25) is 0 Å². The van der Waals surface area contributed by atoms with Gasteiger partial charge in [-0.1, -0.05) is 0 Å². The van der Waals surface area contributed by atoms with Gasteiger partial charge in [0.1, 0.15) is 28.5 Å². The van der Waals surface area contributed by atoms with Crippen molar-refractivity contribution in [1.29, 1.82) is 0 Å². The highest BCUT2D eigenvalue weighted by Crippen LogP contribution is 2.30. The second-order valence-electron chi connectivity index (χ2n) is 6.41. The molecule has 0 atom stereocenters. The van der Waals surface area contributed by atoms with Gasteiger partial charge >= 0.3 is 0 Å². The minimum atomic E-state index is -3.92. The predicted octanol–water partition coefficient (Wildman–Crippen LogP) is 3.27. The van der Waals surface area contributed by atoms with Crippen LogP contribution < -0.4 is 18.9 Å². The number of aromatic nitrogens is 4. The summed E-state index contributed by atoms with van der Waals surface area (Å²) in [4.78, 5) is 8.20. The van der Waals surface area contributed by atoms with Crippen LogP contribution in [0, 0.1) is 0 Å². The molecule has 4 rings (SSSR count). The van der Waals surface area contributed by atoms with Gasteiger partial charge in [0.05, 0.1) is 14.2 Å². The number of sulfonamides is 1. The number of hydrogen-bond donors (Lipinski definition) is 1. The summed E-state index contributed by atoms with van der Waals surface area (Å²) >= 11 is 0. The average molecular weight is 453 g/mol. The van der Waals surface area contributed by atoms with Gasteiger partial charge in [0.2, 0.25) is 5.88 Å². The van der Waals surface area contributed by atoms with Crippen LogP contribution in [0.4, 0.5) is 5.69 Å². The zero-order valence-corrected chi connectivity index (χ0v) is 18.0. The maximum absolute atomic E-state index is 12.9. The van der Waals surface area contributed by atoms with Crippen molar-refractivity contribution in [1.82, 2.24) is 19.7 Å². The molecule has 2 aromatic carbocycles. The fraction of sp³-hybridized carbons (Fsp3) is 0.0952. The minimum Gasteiger partial charge on any atom is -0.497 e. The number of hydrogen-bond acceptors (Lipinski definition) is 8. The maximum atomic E-state index is 12.9. The lowest BCUT2D eigenvalue weighted by Crippen LogP contribution is -2.14. The Morgan fingerprint density at radius 2 is 1.72 bits per heavy atom. The average Bonchev–Trinajstić information content (AvgIpc) is 3.35. The third kappa shape index (κ3) is 4.62. The van der Waals surface area contributed by atoms with Crippen LogP contribution in [-0.2, 0) is 10.0 Å². The highest BCUT2D eigenvalue weighted by molar-refractivity contribution is 7.92. The Labute approximate surface area is 184 Å². The van der Waals surface area contributed by atoms with Gasteiger partial charge in [-0.3, -0.25) is 4.72 Å². The van der Waals surface area contributed by atoms with Gasteiger partial charge in [0.25, 0.3) is 10.0 Å². The third-order valence-corrected chi connectivity index (χ3v) is 5.76. The number of methoxy groups -OCH3 is 2. The summed E-state index contributed by atoms with van der Waals surface area (Å²) in [5.74, 6) is 1.94. The largest absolute Gasteiger partial charge is 0.497 e. The molecule has 0 bridgehead atoms. The van der Waals surface area contributed by atoms with Crippen molar-refractivity contribution >= 4 is 15.7 Å². The molecule has 0 aliphatic rings. The molecule has 0 unspecified atom stereocenters. The second kappa shape index (κ2) is 8.94. The molecule has 0 saturated carbocycles. The molecule has 0 aliphatic carbocycles. The van der Waals surface area contributed by atoms with Crippen molar-refractivity contribution in [3.63, 3.8) is 0 Å². The lowest BCUT2D eigenvalue weighted by Gasteiger charge is -2.13. The predicted molar refractivity (Wildman–Crippen MR) is 116 cm³/mol. The molecule has 0 fully saturated rings. The van der Waals surface area contributed by atoms with Crippen molar-refractivity contribution < 1.29 is 22.6 Å². The molecular weight excluding hydrogens is 434 g/mol. The number of rotatable bonds is 8. The van der Waals surface area contributed by atoms with Crippen molar-refractivity contribution in [3.05, 3.63) is 73.3 Å². The molecule has 4 aromatic rings. The quantitative estimate of drug-likeness (QED) is 0.432. The molecule has 11 heteroatoms. The zero-order valence-electron chi connectivity index (χ0n) is 17.2. The minimum absolute atomic E-state index is 0.0354. The summed E-state index contributed by atoms with van der Waals surface area (Å²) in [5, 5.41) is 4.12.